The van der Waals surface area contributed by atoms with E-state index in [0.717, 1.165) is 38.8 Å². The minimum absolute atomic E-state index is 0.0888. The number of amides is 2. The molecule has 2 saturated heterocycles. The molecule has 1 unspecified atom stereocenters. The summed E-state index contributed by atoms with van der Waals surface area (Å²) in [5.74, 6) is -0.516. The number of aliphatic carboxylic acids is 1. The van der Waals surface area contributed by atoms with Crippen molar-refractivity contribution in [2.24, 2.45) is 0 Å². The molecule has 7 heteroatoms. The van der Waals surface area contributed by atoms with Crippen molar-refractivity contribution in [3.63, 3.8) is 0 Å². The van der Waals surface area contributed by atoms with Crippen molar-refractivity contribution in [3.8, 4) is 0 Å². The van der Waals surface area contributed by atoms with Gasteiger partial charge in [0, 0.05) is 19.6 Å². The third-order valence-corrected chi connectivity index (χ3v) is 5.17. The second kappa shape index (κ2) is 8.41. The second-order valence-corrected chi connectivity index (χ2v) is 6.86. The van der Waals surface area contributed by atoms with Crippen molar-refractivity contribution in [3.05, 3.63) is 0 Å². The van der Waals surface area contributed by atoms with Crippen LogP contribution in [-0.2, 0) is 14.4 Å². The van der Waals surface area contributed by atoms with E-state index in [1.807, 2.05) is 4.90 Å². The molecule has 0 bridgehead atoms. The van der Waals surface area contributed by atoms with Crippen LogP contribution in [0.4, 0.5) is 0 Å². The Hall–Kier alpha value is -1.24. The van der Waals surface area contributed by atoms with Gasteiger partial charge in [-0.05, 0) is 38.5 Å². The largest absolute Gasteiger partial charge is 0.480 e. The van der Waals surface area contributed by atoms with Crippen LogP contribution in [0, 0.1) is 0 Å². The topological polar surface area (TPSA) is 77.9 Å². The fourth-order valence-electron chi connectivity index (χ4n) is 3.03. The number of carboxylic acids is 1. The minimum Gasteiger partial charge on any atom is -0.480 e. The number of carbonyl (C=O) groups excluding carboxylic acids is 2. The van der Waals surface area contributed by atoms with Gasteiger partial charge in [-0.3, -0.25) is 9.59 Å². The molecule has 2 amide bonds. The van der Waals surface area contributed by atoms with Crippen LogP contribution in [0.3, 0.4) is 0 Å². The van der Waals surface area contributed by atoms with Gasteiger partial charge in [0.2, 0.25) is 11.8 Å². The molecule has 0 aromatic rings. The van der Waals surface area contributed by atoms with Crippen molar-refractivity contribution >= 4 is 29.5 Å². The first-order valence-electron chi connectivity index (χ1n) is 7.97. The van der Waals surface area contributed by atoms with Gasteiger partial charge in [-0.2, -0.15) is 0 Å². The normalized spacial score (nSPS) is 22.5. The number of thioether (sulfide) groups is 1. The van der Waals surface area contributed by atoms with Crippen molar-refractivity contribution in [1.82, 2.24) is 9.80 Å². The number of carbonyl (C=O) groups is 3. The lowest BCUT2D eigenvalue weighted by Crippen LogP contribution is -2.48. The molecule has 0 aromatic heterocycles. The van der Waals surface area contributed by atoms with Crippen LogP contribution in [0.1, 0.15) is 38.5 Å². The zero-order valence-electron chi connectivity index (χ0n) is 12.8. The van der Waals surface area contributed by atoms with E-state index in [0.29, 0.717) is 18.7 Å². The maximum atomic E-state index is 12.2. The van der Waals surface area contributed by atoms with Crippen LogP contribution >= 0.6 is 11.8 Å². The number of hydrogen-bond acceptors (Lipinski definition) is 4. The first-order chi connectivity index (χ1) is 10.6. The van der Waals surface area contributed by atoms with Gasteiger partial charge in [-0.1, -0.05) is 0 Å². The van der Waals surface area contributed by atoms with E-state index in [1.54, 1.807) is 0 Å². The third kappa shape index (κ3) is 4.63. The second-order valence-electron chi connectivity index (χ2n) is 5.87. The van der Waals surface area contributed by atoms with Gasteiger partial charge in [-0.25, -0.2) is 4.79 Å². The van der Waals surface area contributed by atoms with Crippen LogP contribution < -0.4 is 0 Å². The highest BCUT2D eigenvalue weighted by Crippen LogP contribution is 2.19. The van der Waals surface area contributed by atoms with E-state index >= 15 is 0 Å². The van der Waals surface area contributed by atoms with Crippen molar-refractivity contribution in [2.45, 2.75) is 44.6 Å². The molecule has 2 heterocycles. The Morgan fingerprint density at radius 1 is 0.909 bits per heavy atom. The highest BCUT2D eigenvalue weighted by atomic mass is 32.2. The Labute approximate surface area is 135 Å². The molecule has 124 valence electrons. The molecule has 0 aliphatic carbocycles. The molecule has 0 saturated carbocycles. The summed E-state index contributed by atoms with van der Waals surface area (Å²) < 4.78 is 0. The summed E-state index contributed by atoms with van der Waals surface area (Å²) in [6.45, 7) is 2.15. The molecule has 2 fully saturated rings. The lowest BCUT2D eigenvalue weighted by molar-refractivity contribution is -0.151. The predicted molar refractivity (Wildman–Crippen MR) is 84.7 cm³/mol. The fraction of sp³-hybridized carbons (Fsp3) is 0.800. The van der Waals surface area contributed by atoms with Gasteiger partial charge < -0.3 is 14.9 Å². The Kier molecular flexibility index (Phi) is 6.54. The molecular weight excluding hydrogens is 304 g/mol. The van der Waals surface area contributed by atoms with Crippen molar-refractivity contribution in [1.29, 1.82) is 0 Å². The van der Waals surface area contributed by atoms with Crippen LogP contribution in [0.25, 0.3) is 0 Å². The number of likely N-dealkylation sites (tertiary alicyclic amines) is 2. The predicted octanol–water partition coefficient (Wildman–Crippen LogP) is 1.20. The van der Waals surface area contributed by atoms with E-state index in [-0.39, 0.29) is 17.6 Å². The van der Waals surface area contributed by atoms with Gasteiger partial charge in [0.05, 0.1) is 11.5 Å². The number of piperidine rings is 2. The van der Waals surface area contributed by atoms with Gasteiger partial charge in [-0.15, -0.1) is 11.8 Å². The van der Waals surface area contributed by atoms with Crippen molar-refractivity contribution < 1.29 is 19.5 Å². The average Bonchev–Trinajstić information content (AvgIpc) is 2.55. The van der Waals surface area contributed by atoms with Crippen LogP contribution in [0.5, 0.6) is 0 Å². The fourth-order valence-corrected chi connectivity index (χ4v) is 3.83. The molecule has 2 aliphatic rings. The van der Waals surface area contributed by atoms with Gasteiger partial charge in [0.25, 0.3) is 0 Å². The number of nitrogens with zero attached hydrogens (tertiary/aromatic N) is 2. The van der Waals surface area contributed by atoms with Gasteiger partial charge in [0.15, 0.2) is 0 Å². The van der Waals surface area contributed by atoms with E-state index in [4.69, 9.17) is 0 Å². The Bertz CT molecular complexity index is 424. The zero-order valence-corrected chi connectivity index (χ0v) is 13.6. The summed E-state index contributed by atoms with van der Waals surface area (Å²) in [7, 11) is 0. The lowest BCUT2D eigenvalue weighted by atomic mass is 10.0. The van der Waals surface area contributed by atoms with Crippen LogP contribution in [0.15, 0.2) is 0 Å². The summed E-state index contributed by atoms with van der Waals surface area (Å²) in [4.78, 5) is 38.7. The monoisotopic (exact) mass is 328 g/mol. The van der Waals surface area contributed by atoms with E-state index in [2.05, 4.69) is 0 Å². The molecule has 22 heavy (non-hydrogen) atoms. The first kappa shape index (κ1) is 17.1. The third-order valence-electron chi connectivity index (χ3n) is 4.27. The molecule has 6 nitrogen and oxygen atoms in total. The molecular formula is C15H24N2O4S. The molecule has 0 spiro atoms. The minimum atomic E-state index is -0.928. The van der Waals surface area contributed by atoms with Gasteiger partial charge >= 0.3 is 5.97 Å². The number of rotatable bonds is 5. The van der Waals surface area contributed by atoms with Crippen LogP contribution in [0.2, 0.25) is 0 Å². The Balaban J connectivity index is 1.74. The Morgan fingerprint density at radius 2 is 1.55 bits per heavy atom. The zero-order chi connectivity index (χ0) is 15.9. The number of carboxylic acid groups (broad SMARTS) is 1. The SMILES string of the molecule is O=C(O)C1CCCCN1C(=O)CSCC(=O)N1CCCCC1. The summed E-state index contributed by atoms with van der Waals surface area (Å²) in [6, 6.07) is -0.695. The maximum absolute atomic E-state index is 12.2. The average molecular weight is 328 g/mol. The van der Waals surface area contributed by atoms with Crippen molar-refractivity contribution in [2.75, 3.05) is 31.1 Å². The molecule has 1 atom stereocenters. The summed E-state index contributed by atoms with van der Waals surface area (Å²) >= 11 is 1.30. The molecule has 1 N–H and O–H groups in total. The smallest absolute Gasteiger partial charge is 0.326 e. The van der Waals surface area contributed by atoms with Gasteiger partial charge in [0.1, 0.15) is 6.04 Å². The highest BCUT2D eigenvalue weighted by Gasteiger charge is 2.31. The van der Waals surface area contributed by atoms with E-state index in [1.165, 1.54) is 23.1 Å². The number of hydrogen-bond donors (Lipinski definition) is 1. The summed E-state index contributed by atoms with van der Waals surface area (Å²) in [6.07, 6.45) is 5.53. The lowest BCUT2D eigenvalue weighted by Gasteiger charge is -2.33. The van der Waals surface area contributed by atoms with Crippen LogP contribution in [-0.4, -0.2) is 69.9 Å². The summed E-state index contributed by atoms with van der Waals surface area (Å²) in [5.41, 5.74) is 0. The van der Waals surface area contributed by atoms with E-state index in [9.17, 15) is 19.5 Å². The molecule has 0 aromatic carbocycles. The van der Waals surface area contributed by atoms with E-state index < -0.39 is 12.0 Å². The first-order valence-corrected chi connectivity index (χ1v) is 9.13. The standard InChI is InChI=1S/C15H24N2O4S/c18-13(16-7-3-1-4-8-16)10-22-11-14(19)17-9-5-2-6-12(17)15(20)21/h12H,1-11H2,(H,20,21). The Morgan fingerprint density at radius 3 is 2.23 bits per heavy atom. The maximum Gasteiger partial charge on any atom is 0.326 e. The molecule has 2 aliphatic heterocycles. The highest BCUT2D eigenvalue weighted by molar-refractivity contribution is 8.00. The summed E-state index contributed by atoms with van der Waals surface area (Å²) in [5, 5.41) is 9.18. The quantitative estimate of drug-likeness (QED) is 0.820. The molecule has 2 rings (SSSR count). The molecule has 0 radical (unpaired) electrons.